The normalized spacial score (nSPS) is 20.1. The maximum Gasteiger partial charge on any atom is 0.133 e. The summed E-state index contributed by atoms with van der Waals surface area (Å²) in [5.74, 6) is -0.506. The number of fused-ring (bicyclic) bond motifs is 2. The van der Waals surface area contributed by atoms with Gasteiger partial charge >= 0.3 is 0 Å². The molecule has 4 rings (SSSR count). The van der Waals surface area contributed by atoms with Crippen LogP contribution in [0.4, 0.5) is 8.78 Å². The Bertz CT molecular complexity index is 445. The summed E-state index contributed by atoms with van der Waals surface area (Å²) in [5.41, 5.74) is 1.60. The molecule has 0 unspecified atom stereocenters. The first-order chi connectivity index (χ1) is 7.74. The van der Waals surface area contributed by atoms with Crippen molar-refractivity contribution >= 4 is 5.57 Å². The molecule has 0 spiro atoms. The van der Waals surface area contributed by atoms with Gasteiger partial charge in [0, 0.05) is 30.9 Å². The molecule has 1 saturated heterocycles. The summed E-state index contributed by atoms with van der Waals surface area (Å²) in [7, 11) is 0. The Kier molecular flexibility index (Phi) is 2.20. The Balaban J connectivity index is 2.04. The Labute approximate surface area is 93.4 Å². The number of hydrogen-bond donors (Lipinski definition) is 0. The lowest BCUT2D eigenvalue weighted by Gasteiger charge is -2.39. The Morgan fingerprint density at radius 2 is 1.88 bits per heavy atom. The third-order valence-electron chi connectivity index (χ3n) is 3.53. The first-order valence-electron chi connectivity index (χ1n) is 5.65. The van der Waals surface area contributed by atoms with Gasteiger partial charge in [-0.25, -0.2) is 8.78 Å². The van der Waals surface area contributed by atoms with E-state index in [4.69, 9.17) is 0 Å². The first kappa shape index (κ1) is 9.82. The van der Waals surface area contributed by atoms with Crippen molar-refractivity contribution in [3.8, 4) is 0 Å². The van der Waals surface area contributed by atoms with Crippen LogP contribution in [0.5, 0.6) is 0 Å². The maximum absolute atomic E-state index is 13.7. The minimum absolute atomic E-state index is 0.444. The van der Waals surface area contributed by atoms with Gasteiger partial charge in [0.2, 0.25) is 0 Å². The van der Waals surface area contributed by atoms with Gasteiger partial charge in [-0.3, -0.25) is 0 Å². The lowest BCUT2D eigenvalue weighted by Crippen LogP contribution is -2.35. The van der Waals surface area contributed by atoms with Gasteiger partial charge < -0.3 is 4.90 Å². The van der Waals surface area contributed by atoms with Crippen LogP contribution in [0.25, 0.3) is 5.57 Å². The van der Waals surface area contributed by atoms with Gasteiger partial charge in [-0.1, -0.05) is 0 Å². The van der Waals surface area contributed by atoms with Crippen LogP contribution in [0.3, 0.4) is 0 Å². The van der Waals surface area contributed by atoms with Crippen LogP contribution < -0.4 is 0 Å². The standard InChI is InChI=1S/C13H13F2N/c14-10-1-2-11(13(15)7-10)12-8-16-5-3-9(12)4-6-16/h1-2,7-9H,3-6H2. The predicted molar refractivity (Wildman–Crippen MR) is 58.6 cm³/mol. The number of nitrogens with zero attached hydrogens (tertiary/aromatic N) is 1. The van der Waals surface area contributed by atoms with Crippen molar-refractivity contribution < 1.29 is 8.78 Å². The van der Waals surface area contributed by atoms with Crippen molar-refractivity contribution in [1.82, 2.24) is 4.90 Å². The van der Waals surface area contributed by atoms with Crippen molar-refractivity contribution in [3.05, 3.63) is 41.6 Å². The van der Waals surface area contributed by atoms with Gasteiger partial charge in [0.1, 0.15) is 11.6 Å². The quantitative estimate of drug-likeness (QED) is 0.704. The molecule has 1 aromatic rings. The fourth-order valence-electron chi connectivity index (χ4n) is 2.65. The number of piperidine rings is 1. The van der Waals surface area contributed by atoms with Crippen LogP contribution in [0.15, 0.2) is 24.4 Å². The van der Waals surface area contributed by atoms with E-state index in [0.29, 0.717) is 11.5 Å². The number of halogens is 2. The highest BCUT2D eigenvalue weighted by molar-refractivity contribution is 5.69. The van der Waals surface area contributed by atoms with Crippen LogP contribution in [-0.4, -0.2) is 18.0 Å². The average molecular weight is 221 g/mol. The Morgan fingerprint density at radius 1 is 1.12 bits per heavy atom. The molecular formula is C13H13F2N. The molecule has 2 bridgehead atoms. The number of allylic oxidation sites excluding steroid dienone is 1. The lowest BCUT2D eigenvalue weighted by molar-refractivity contribution is 0.252. The summed E-state index contributed by atoms with van der Waals surface area (Å²) in [6.45, 7) is 2.13. The van der Waals surface area contributed by atoms with Gasteiger partial charge in [0.25, 0.3) is 0 Å². The second kappa shape index (κ2) is 3.58. The largest absolute Gasteiger partial charge is 0.377 e. The molecule has 1 nitrogen and oxygen atoms in total. The minimum Gasteiger partial charge on any atom is -0.377 e. The van der Waals surface area contributed by atoms with Gasteiger partial charge in [0.15, 0.2) is 0 Å². The van der Waals surface area contributed by atoms with Gasteiger partial charge in [-0.05, 0) is 36.5 Å². The molecule has 0 N–H and O–H groups in total. The maximum atomic E-state index is 13.7. The molecule has 3 aliphatic heterocycles. The summed E-state index contributed by atoms with van der Waals surface area (Å²) >= 11 is 0. The van der Waals surface area contributed by atoms with E-state index < -0.39 is 11.6 Å². The van der Waals surface area contributed by atoms with E-state index in [1.807, 2.05) is 6.20 Å². The van der Waals surface area contributed by atoms with E-state index in [1.165, 1.54) is 6.07 Å². The fraction of sp³-hybridized carbons (Fsp3) is 0.385. The molecule has 3 heteroatoms. The summed E-state index contributed by atoms with van der Waals surface area (Å²) in [4.78, 5) is 2.22. The topological polar surface area (TPSA) is 3.24 Å². The molecular weight excluding hydrogens is 208 g/mol. The third kappa shape index (κ3) is 1.51. The second-order valence-electron chi connectivity index (χ2n) is 4.52. The van der Waals surface area contributed by atoms with Crippen LogP contribution in [0, 0.1) is 17.6 Å². The number of rotatable bonds is 1. The first-order valence-corrected chi connectivity index (χ1v) is 5.65. The zero-order valence-electron chi connectivity index (χ0n) is 8.92. The second-order valence-corrected chi connectivity index (χ2v) is 4.52. The molecule has 1 aromatic carbocycles. The van der Waals surface area contributed by atoms with Crippen molar-refractivity contribution in [2.75, 3.05) is 13.1 Å². The molecule has 3 heterocycles. The molecule has 0 aliphatic carbocycles. The van der Waals surface area contributed by atoms with Crippen molar-refractivity contribution in [3.63, 3.8) is 0 Å². The van der Waals surface area contributed by atoms with Crippen LogP contribution in [0.1, 0.15) is 18.4 Å². The van der Waals surface area contributed by atoms with E-state index >= 15 is 0 Å². The minimum atomic E-state index is -0.511. The van der Waals surface area contributed by atoms with E-state index in [-0.39, 0.29) is 0 Å². The molecule has 3 aliphatic rings. The van der Waals surface area contributed by atoms with Gasteiger partial charge in [-0.15, -0.1) is 0 Å². The highest BCUT2D eigenvalue weighted by Crippen LogP contribution is 2.38. The van der Waals surface area contributed by atoms with Crippen molar-refractivity contribution in [2.45, 2.75) is 12.8 Å². The van der Waals surface area contributed by atoms with E-state index in [0.717, 1.165) is 37.6 Å². The molecule has 0 aromatic heterocycles. The zero-order chi connectivity index (χ0) is 11.1. The van der Waals surface area contributed by atoms with E-state index in [1.54, 1.807) is 6.07 Å². The Morgan fingerprint density at radius 3 is 2.44 bits per heavy atom. The van der Waals surface area contributed by atoms with Crippen molar-refractivity contribution in [2.24, 2.45) is 5.92 Å². The third-order valence-corrected chi connectivity index (χ3v) is 3.53. The smallest absolute Gasteiger partial charge is 0.133 e. The van der Waals surface area contributed by atoms with E-state index in [9.17, 15) is 8.78 Å². The fourth-order valence-corrected chi connectivity index (χ4v) is 2.65. The molecule has 1 fully saturated rings. The van der Waals surface area contributed by atoms with Crippen LogP contribution in [-0.2, 0) is 0 Å². The molecule has 0 atom stereocenters. The summed E-state index contributed by atoms with van der Waals surface area (Å²) in [6.07, 6.45) is 4.21. The Hall–Kier alpha value is -1.38. The number of benzene rings is 1. The van der Waals surface area contributed by atoms with Crippen molar-refractivity contribution in [1.29, 1.82) is 0 Å². The lowest BCUT2D eigenvalue weighted by atomic mass is 9.82. The molecule has 0 amide bonds. The monoisotopic (exact) mass is 221 g/mol. The van der Waals surface area contributed by atoms with E-state index in [2.05, 4.69) is 4.90 Å². The van der Waals surface area contributed by atoms with Crippen LogP contribution >= 0.6 is 0 Å². The molecule has 84 valence electrons. The van der Waals surface area contributed by atoms with Crippen LogP contribution in [0.2, 0.25) is 0 Å². The highest BCUT2D eigenvalue weighted by atomic mass is 19.1. The average Bonchev–Trinajstić information content (AvgIpc) is 2.30. The summed E-state index contributed by atoms with van der Waals surface area (Å²) < 4.78 is 26.5. The molecule has 0 saturated carbocycles. The summed E-state index contributed by atoms with van der Waals surface area (Å²) in [5, 5.41) is 0. The number of hydrogen-bond acceptors (Lipinski definition) is 1. The predicted octanol–water partition coefficient (Wildman–Crippen LogP) is 3.03. The molecule has 0 radical (unpaired) electrons. The SMILES string of the molecule is Fc1ccc(C2=CN3CCC2CC3)c(F)c1. The van der Waals surface area contributed by atoms with Gasteiger partial charge in [-0.2, -0.15) is 0 Å². The molecule has 16 heavy (non-hydrogen) atoms. The van der Waals surface area contributed by atoms with Gasteiger partial charge in [0.05, 0.1) is 0 Å². The highest BCUT2D eigenvalue weighted by Gasteiger charge is 2.28. The zero-order valence-corrected chi connectivity index (χ0v) is 8.92. The summed E-state index contributed by atoms with van der Waals surface area (Å²) in [6, 6.07) is 3.85.